The fourth-order valence-corrected chi connectivity index (χ4v) is 5.84. The van der Waals surface area contributed by atoms with Crippen LogP contribution in [0.25, 0.3) is 77.6 Å². The van der Waals surface area contributed by atoms with Crippen LogP contribution in [0.15, 0.2) is 152 Å². The first-order valence-electron chi connectivity index (χ1n) is 14.1. The molecule has 196 valence electrons. The fraction of sp³-hybridized carbons (Fsp3) is 0. The molecule has 0 N–H and O–H groups in total. The maximum Gasteiger partial charge on any atom is 0.164 e. The van der Waals surface area contributed by atoms with Gasteiger partial charge in [-0.3, -0.25) is 0 Å². The predicted octanol–water partition coefficient (Wildman–Crippen LogP) is 10.00. The van der Waals surface area contributed by atoms with Crippen LogP contribution in [0.4, 0.5) is 0 Å². The highest BCUT2D eigenvalue weighted by Crippen LogP contribution is 2.37. The van der Waals surface area contributed by atoms with Gasteiger partial charge in [0.15, 0.2) is 17.5 Å². The minimum Gasteiger partial charge on any atom is -0.208 e. The van der Waals surface area contributed by atoms with Crippen molar-refractivity contribution in [3.8, 4) is 45.3 Å². The van der Waals surface area contributed by atoms with Gasteiger partial charge in [0.1, 0.15) is 0 Å². The zero-order chi connectivity index (χ0) is 27.9. The Hall–Kier alpha value is -5.67. The van der Waals surface area contributed by atoms with E-state index in [1.54, 1.807) is 0 Å². The van der Waals surface area contributed by atoms with E-state index in [-0.39, 0.29) is 0 Å². The van der Waals surface area contributed by atoms with Gasteiger partial charge in [0.2, 0.25) is 0 Å². The molecule has 7 aromatic carbocycles. The Bertz CT molecular complexity index is 2190. The molecular formula is C39H25N3. The smallest absolute Gasteiger partial charge is 0.164 e. The molecule has 1 heterocycles. The molecule has 0 fully saturated rings. The quantitative estimate of drug-likeness (QED) is 0.211. The lowest BCUT2D eigenvalue weighted by atomic mass is 9.93. The normalized spacial score (nSPS) is 11.3. The zero-order valence-corrected chi connectivity index (χ0v) is 22.8. The van der Waals surface area contributed by atoms with Crippen LogP contribution < -0.4 is 0 Å². The molecule has 3 nitrogen and oxygen atoms in total. The summed E-state index contributed by atoms with van der Waals surface area (Å²) in [5.74, 6) is 1.97. The molecule has 0 saturated carbocycles. The van der Waals surface area contributed by atoms with E-state index in [1.165, 1.54) is 37.9 Å². The minimum atomic E-state index is 0.655. The van der Waals surface area contributed by atoms with Gasteiger partial charge in [-0.05, 0) is 49.5 Å². The van der Waals surface area contributed by atoms with Crippen molar-refractivity contribution in [2.24, 2.45) is 0 Å². The van der Waals surface area contributed by atoms with E-state index >= 15 is 0 Å². The number of hydrogen-bond donors (Lipinski definition) is 0. The van der Waals surface area contributed by atoms with Crippen LogP contribution in [0.5, 0.6) is 0 Å². The van der Waals surface area contributed by atoms with Crippen molar-refractivity contribution in [1.29, 1.82) is 0 Å². The monoisotopic (exact) mass is 535 g/mol. The Morgan fingerprint density at radius 1 is 0.238 bits per heavy atom. The van der Waals surface area contributed by atoms with E-state index in [0.717, 1.165) is 22.3 Å². The fourth-order valence-electron chi connectivity index (χ4n) is 5.84. The van der Waals surface area contributed by atoms with E-state index in [1.807, 2.05) is 36.4 Å². The van der Waals surface area contributed by atoms with Crippen molar-refractivity contribution in [3.05, 3.63) is 152 Å². The Labute approximate surface area is 243 Å². The summed E-state index contributed by atoms with van der Waals surface area (Å²) in [6.07, 6.45) is 0. The van der Waals surface area contributed by atoms with Gasteiger partial charge in [0.05, 0.1) is 0 Å². The van der Waals surface area contributed by atoms with Crippen molar-refractivity contribution in [1.82, 2.24) is 15.0 Å². The van der Waals surface area contributed by atoms with Crippen molar-refractivity contribution >= 4 is 32.3 Å². The van der Waals surface area contributed by atoms with Gasteiger partial charge in [0, 0.05) is 16.7 Å². The van der Waals surface area contributed by atoms with Crippen molar-refractivity contribution in [2.75, 3.05) is 0 Å². The van der Waals surface area contributed by atoms with Crippen LogP contribution in [0.2, 0.25) is 0 Å². The molecule has 0 atom stereocenters. The van der Waals surface area contributed by atoms with E-state index < -0.39 is 0 Å². The van der Waals surface area contributed by atoms with Gasteiger partial charge in [-0.25, -0.2) is 15.0 Å². The lowest BCUT2D eigenvalue weighted by Gasteiger charge is -2.12. The van der Waals surface area contributed by atoms with Crippen LogP contribution in [0.1, 0.15) is 0 Å². The third-order valence-corrected chi connectivity index (χ3v) is 7.92. The second-order valence-electron chi connectivity index (χ2n) is 10.5. The third kappa shape index (κ3) is 4.20. The highest BCUT2D eigenvalue weighted by atomic mass is 15.0. The van der Waals surface area contributed by atoms with Gasteiger partial charge in [-0.2, -0.15) is 0 Å². The van der Waals surface area contributed by atoms with Crippen LogP contribution in [-0.4, -0.2) is 15.0 Å². The van der Waals surface area contributed by atoms with E-state index in [4.69, 9.17) is 15.0 Å². The maximum atomic E-state index is 5.03. The molecule has 0 spiro atoms. The molecule has 0 aliphatic rings. The van der Waals surface area contributed by atoms with Crippen LogP contribution in [0, 0.1) is 0 Å². The van der Waals surface area contributed by atoms with E-state index in [0.29, 0.717) is 17.5 Å². The molecule has 0 aliphatic heterocycles. The van der Waals surface area contributed by atoms with Gasteiger partial charge in [-0.1, -0.05) is 146 Å². The zero-order valence-electron chi connectivity index (χ0n) is 22.8. The van der Waals surface area contributed by atoms with Gasteiger partial charge in [-0.15, -0.1) is 0 Å². The lowest BCUT2D eigenvalue weighted by Crippen LogP contribution is -2.00. The summed E-state index contributed by atoms with van der Waals surface area (Å²) >= 11 is 0. The molecule has 8 aromatic rings. The summed E-state index contributed by atoms with van der Waals surface area (Å²) in [6.45, 7) is 0. The Morgan fingerprint density at radius 2 is 0.571 bits per heavy atom. The summed E-state index contributed by atoms with van der Waals surface area (Å²) in [6, 6.07) is 52.8. The average molecular weight is 536 g/mol. The third-order valence-electron chi connectivity index (χ3n) is 7.92. The van der Waals surface area contributed by atoms with Crippen molar-refractivity contribution < 1.29 is 0 Å². The first kappa shape index (κ1) is 24.2. The molecule has 0 radical (unpaired) electrons. The maximum absolute atomic E-state index is 5.03. The molecule has 42 heavy (non-hydrogen) atoms. The second kappa shape index (κ2) is 10.1. The lowest BCUT2D eigenvalue weighted by molar-refractivity contribution is 1.07. The van der Waals surface area contributed by atoms with Gasteiger partial charge < -0.3 is 0 Å². The summed E-state index contributed by atoms with van der Waals surface area (Å²) in [4.78, 5) is 15.0. The highest BCUT2D eigenvalue weighted by molar-refractivity contribution is 6.25. The Kier molecular flexibility index (Phi) is 5.79. The molecule has 0 saturated heterocycles. The number of nitrogens with zero attached hydrogens (tertiary/aromatic N) is 3. The largest absolute Gasteiger partial charge is 0.208 e. The molecule has 0 bridgehead atoms. The number of benzene rings is 7. The summed E-state index contributed by atoms with van der Waals surface area (Å²) < 4.78 is 0. The van der Waals surface area contributed by atoms with Crippen LogP contribution >= 0.6 is 0 Å². The van der Waals surface area contributed by atoms with E-state index in [9.17, 15) is 0 Å². The topological polar surface area (TPSA) is 38.7 Å². The Balaban J connectivity index is 1.32. The second-order valence-corrected chi connectivity index (χ2v) is 10.5. The summed E-state index contributed by atoms with van der Waals surface area (Å²) in [7, 11) is 0. The highest BCUT2D eigenvalue weighted by Gasteiger charge is 2.15. The van der Waals surface area contributed by atoms with E-state index in [2.05, 4.69) is 115 Å². The minimum absolute atomic E-state index is 0.655. The molecular weight excluding hydrogens is 510 g/mol. The molecule has 0 aliphatic carbocycles. The first-order chi connectivity index (χ1) is 20.8. The van der Waals surface area contributed by atoms with Gasteiger partial charge >= 0.3 is 0 Å². The number of hydrogen-bond acceptors (Lipinski definition) is 3. The molecule has 1 aromatic heterocycles. The molecule has 0 unspecified atom stereocenters. The Morgan fingerprint density at radius 3 is 1.12 bits per heavy atom. The molecule has 8 rings (SSSR count). The predicted molar refractivity (Wildman–Crippen MR) is 174 cm³/mol. The summed E-state index contributed by atoms with van der Waals surface area (Å²) in [5, 5.41) is 7.40. The molecule has 3 heteroatoms. The van der Waals surface area contributed by atoms with Crippen molar-refractivity contribution in [3.63, 3.8) is 0 Å². The van der Waals surface area contributed by atoms with Gasteiger partial charge in [0.25, 0.3) is 0 Å². The first-order valence-corrected chi connectivity index (χ1v) is 14.1. The molecule has 0 amide bonds. The summed E-state index contributed by atoms with van der Waals surface area (Å²) in [5.41, 5.74) is 5.21. The van der Waals surface area contributed by atoms with Crippen LogP contribution in [0.3, 0.4) is 0 Å². The van der Waals surface area contributed by atoms with Crippen LogP contribution in [-0.2, 0) is 0 Å². The number of rotatable bonds is 4. The van der Waals surface area contributed by atoms with Crippen molar-refractivity contribution in [2.45, 2.75) is 0 Å². The number of fused-ring (bicyclic) bond motifs is 6. The SMILES string of the molecule is c1ccc(-c2ccc(-c3nc(-c4ccccc4)nc(-c4ccc5c6ccccc6c6ccccc6c5c4)n3)cc2)cc1. The standard InChI is InChI=1S/C39H25N3/c1-3-11-26(12-4-1)27-19-21-29(22-20-27)38-40-37(28-13-5-2-6-14-28)41-39(42-38)30-23-24-35-33-17-8-7-15-31(33)32-16-9-10-18-34(32)36(35)25-30/h1-25H. The number of aromatic nitrogens is 3. The average Bonchev–Trinajstić information content (AvgIpc) is 3.09.